The summed E-state index contributed by atoms with van der Waals surface area (Å²) in [6.45, 7) is 0.0838. The topological polar surface area (TPSA) is 129 Å². The second-order valence-corrected chi connectivity index (χ2v) is 3.42. The first-order valence-corrected chi connectivity index (χ1v) is 5.18. The van der Waals surface area contributed by atoms with Gasteiger partial charge in [-0.2, -0.15) is 0 Å². The molecule has 0 aliphatic rings. The summed E-state index contributed by atoms with van der Waals surface area (Å²) in [5, 5.41) is 22.7. The van der Waals surface area contributed by atoms with Crippen LogP contribution in [0.1, 0.15) is 22.3 Å². The van der Waals surface area contributed by atoms with Crippen LogP contribution >= 0.6 is 0 Å². The van der Waals surface area contributed by atoms with Crippen molar-refractivity contribution in [2.75, 3.05) is 6.54 Å². The lowest BCUT2D eigenvalue weighted by molar-refractivity contribution is -0.385. The van der Waals surface area contributed by atoms with Gasteiger partial charge in [0.1, 0.15) is 11.4 Å². The molecular formula is C11H7FN4O4. The first-order chi connectivity index (χ1) is 9.47. The van der Waals surface area contributed by atoms with Gasteiger partial charge in [0.15, 0.2) is 0 Å². The highest BCUT2D eigenvalue weighted by Gasteiger charge is 2.22. The van der Waals surface area contributed by atoms with Gasteiger partial charge < -0.3 is 5.11 Å². The van der Waals surface area contributed by atoms with Crippen LogP contribution in [-0.2, 0) is 0 Å². The molecule has 0 spiro atoms. The molecule has 102 valence electrons. The Labute approximate surface area is 111 Å². The standard InChI is InChI=1S/C11H7FN4O4/c12-9-6-8(11(17)18)10(16(19)20)5-7(9)3-1-2-4-14-15-13/h5-6H,2,4H2,(H,17,18). The van der Waals surface area contributed by atoms with Crippen molar-refractivity contribution < 1.29 is 19.2 Å². The van der Waals surface area contributed by atoms with Crippen molar-refractivity contribution in [2.24, 2.45) is 5.11 Å². The van der Waals surface area contributed by atoms with E-state index in [-0.39, 0.29) is 18.5 Å². The van der Waals surface area contributed by atoms with Gasteiger partial charge in [-0.25, -0.2) is 9.18 Å². The summed E-state index contributed by atoms with van der Waals surface area (Å²) in [6.07, 6.45) is 0.151. The average molecular weight is 278 g/mol. The number of carboxylic acids is 1. The van der Waals surface area contributed by atoms with E-state index in [0.717, 1.165) is 6.07 Å². The Hall–Kier alpha value is -3.11. The van der Waals surface area contributed by atoms with E-state index in [4.69, 9.17) is 10.6 Å². The monoisotopic (exact) mass is 278 g/mol. The van der Waals surface area contributed by atoms with E-state index in [1.54, 1.807) is 0 Å². The summed E-state index contributed by atoms with van der Waals surface area (Å²) in [5.74, 6) is 2.23. The van der Waals surface area contributed by atoms with Gasteiger partial charge in [-0.15, -0.1) is 0 Å². The van der Waals surface area contributed by atoms with E-state index in [2.05, 4.69) is 21.9 Å². The minimum absolute atomic E-state index is 0.0838. The van der Waals surface area contributed by atoms with Crippen LogP contribution < -0.4 is 0 Å². The number of benzene rings is 1. The number of halogens is 1. The van der Waals surface area contributed by atoms with Crippen molar-refractivity contribution in [3.63, 3.8) is 0 Å². The van der Waals surface area contributed by atoms with Crippen LogP contribution in [0.3, 0.4) is 0 Å². The molecule has 0 amide bonds. The Bertz CT molecular complexity index is 671. The fourth-order valence-corrected chi connectivity index (χ4v) is 1.29. The number of carbonyl (C=O) groups is 1. The van der Waals surface area contributed by atoms with Crippen LogP contribution in [0.25, 0.3) is 10.4 Å². The molecule has 1 aromatic carbocycles. The Morgan fingerprint density at radius 2 is 2.30 bits per heavy atom. The third-order valence-electron chi connectivity index (χ3n) is 2.14. The van der Waals surface area contributed by atoms with Crippen LogP contribution in [0, 0.1) is 27.8 Å². The average Bonchev–Trinajstić information content (AvgIpc) is 2.39. The van der Waals surface area contributed by atoms with Gasteiger partial charge in [0, 0.05) is 23.9 Å². The number of nitrogens with zero attached hydrogens (tertiary/aromatic N) is 4. The molecule has 0 fully saturated rings. The molecule has 0 saturated carbocycles. The Morgan fingerprint density at radius 3 is 2.85 bits per heavy atom. The van der Waals surface area contributed by atoms with Crippen molar-refractivity contribution in [3.05, 3.63) is 49.6 Å². The van der Waals surface area contributed by atoms with Gasteiger partial charge in [0.05, 0.1) is 10.5 Å². The van der Waals surface area contributed by atoms with Gasteiger partial charge in [0.2, 0.25) is 0 Å². The third kappa shape index (κ3) is 3.69. The number of rotatable bonds is 4. The van der Waals surface area contributed by atoms with E-state index in [9.17, 15) is 19.3 Å². The number of hydrogen-bond acceptors (Lipinski definition) is 4. The number of nitro groups is 1. The summed E-state index contributed by atoms with van der Waals surface area (Å²) in [4.78, 5) is 23.1. The number of azide groups is 1. The molecule has 0 aliphatic heterocycles. The van der Waals surface area contributed by atoms with Crippen molar-refractivity contribution in [3.8, 4) is 11.8 Å². The van der Waals surface area contributed by atoms with Crippen LogP contribution in [0.4, 0.5) is 10.1 Å². The maximum absolute atomic E-state index is 13.6. The lowest BCUT2D eigenvalue weighted by Crippen LogP contribution is -2.04. The van der Waals surface area contributed by atoms with Gasteiger partial charge >= 0.3 is 5.97 Å². The van der Waals surface area contributed by atoms with E-state index < -0.39 is 28.0 Å². The molecular weight excluding hydrogens is 271 g/mol. The molecule has 8 nitrogen and oxygen atoms in total. The molecule has 20 heavy (non-hydrogen) atoms. The zero-order valence-electron chi connectivity index (χ0n) is 9.91. The largest absolute Gasteiger partial charge is 0.477 e. The van der Waals surface area contributed by atoms with E-state index >= 15 is 0 Å². The fraction of sp³-hybridized carbons (Fsp3) is 0.182. The zero-order valence-corrected chi connectivity index (χ0v) is 9.91. The maximum Gasteiger partial charge on any atom is 0.342 e. The molecule has 1 N–H and O–H groups in total. The Morgan fingerprint density at radius 1 is 1.60 bits per heavy atom. The Kier molecular flexibility index (Phi) is 5.03. The molecule has 1 aromatic rings. The molecule has 0 radical (unpaired) electrons. The molecule has 9 heteroatoms. The SMILES string of the molecule is [N-]=[N+]=NCCC#Cc1cc([N+](=O)[O-])c(C(=O)O)cc1F. The minimum Gasteiger partial charge on any atom is -0.477 e. The fourth-order valence-electron chi connectivity index (χ4n) is 1.29. The minimum atomic E-state index is -1.60. The predicted octanol–water partition coefficient (Wildman–Crippen LogP) is 2.48. The lowest BCUT2D eigenvalue weighted by atomic mass is 10.1. The van der Waals surface area contributed by atoms with Crippen molar-refractivity contribution in [2.45, 2.75) is 6.42 Å². The molecule has 0 aliphatic carbocycles. The van der Waals surface area contributed by atoms with Crippen LogP contribution in [0.5, 0.6) is 0 Å². The summed E-state index contributed by atoms with van der Waals surface area (Å²) in [5.41, 5.74) is 6.26. The number of hydrogen-bond donors (Lipinski definition) is 1. The number of nitro benzene ring substituents is 1. The van der Waals surface area contributed by atoms with E-state index in [0.29, 0.717) is 6.07 Å². The van der Waals surface area contributed by atoms with Gasteiger partial charge in [0.25, 0.3) is 5.69 Å². The normalized spacial score (nSPS) is 9.05. The van der Waals surface area contributed by atoms with Gasteiger partial charge in [-0.1, -0.05) is 17.0 Å². The second kappa shape index (κ2) is 6.72. The molecule has 0 heterocycles. The first kappa shape index (κ1) is 14.9. The van der Waals surface area contributed by atoms with Crippen LogP contribution in [0.15, 0.2) is 17.2 Å². The highest BCUT2D eigenvalue weighted by Crippen LogP contribution is 2.22. The quantitative estimate of drug-likeness (QED) is 0.172. The zero-order chi connectivity index (χ0) is 15.1. The molecule has 0 bridgehead atoms. The number of aromatic carboxylic acids is 1. The van der Waals surface area contributed by atoms with Crippen LogP contribution in [-0.4, -0.2) is 22.5 Å². The van der Waals surface area contributed by atoms with E-state index in [1.165, 1.54) is 0 Å². The molecule has 0 saturated heterocycles. The smallest absolute Gasteiger partial charge is 0.342 e. The molecule has 0 unspecified atom stereocenters. The summed E-state index contributed by atoms with van der Waals surface area (Å²) >= 11 is 0. The van der Waals surface area contributed by atoms with Crippen molar-refractivity contribution in [1.82, 2.24) is 0 Å². The first-order valence-electron chi connectivity index (χ1n) is 5.18. The highest BCUT2D eigenvalue weighted by molar-refractivity contribution is 5.92. The number of carboxylic acid groups (broad SMARTS) is 1. The molecule has 1 rings (SSSR count). The lowest BCUT2D eigenvalue weighted by Gasteiger charge is -2.00. The third-order valence-corrected chi connectivity index (χ3v) is 2.14. The van der Waals surface area contributed by atoms with Crippen molar-refractivity contribution in [1.29, 1.82) is 0 Å². The maximum atomic E-state index is 13.6. The summed E-state index contributed by atoms with van der Waals surface area (Å²) in [6, 6.07) is 1.32. The Balaban J connectivity index is 3.15. The van der Waals surface area contributed by atoms with Gasteiger partial charge in [-0.3, -0.25) is 10.1 Å². The van der Waals surface area contributed by atoms with Crippen molar-refractivity contribution >= 4 is 11.7 Å². The summed E-state index contributed by atoms with van der Waals surface area (Å²) in [7, 11) is 0. The molecule has 0 aromatic heterocycles. The van der Waals surface area contributed by atoms with Gasteiger partial charge in [-0.05, 0) is 11.6 Å². The predicted molar refractivity (Wildman–Crippen MR) is 65.5 cm³/mol. The molecule has 0 atom stereocenters. The second-order valence-electron chi connectivity index (χ2n) is 3.42. The van der Waals surface area contributed by atoms with E-state index in [1.807, 2.05) is 0 Å². The highest BCUT2D eigenvalue weighted by atomic mass is 19.1. The summed E-state index contributed by atoms with van der Waals surface area (Å²) < 4.78 is 13.6. The van der Waals surface area contributed by atoms with Crippen LogP contribution in [0.2, 0.25) is 0 Å².